The Morgan fingerprint density at radius 3 is 2.58 bits per heavy atom. The molecular weight excluding hydrogens is 150 g/mol. The highest BCUT2D eigenvalue weighted by atomic mass is 16.5. The number of ether oxygens (including phenoxy) is 1. The first-order valence-corrected chi connectivity index (χ1v) is 4.44. The van der Waals surface area contributed by atoms with Gasteiger partial charge in [0.05, 0.1) is 6.10 Å². The van der Waals surface area contributed by atoms with Gasteiger partial charge in [-0.3, -0.25) is 0 Å². The average Bonchev–Trinajstić information content (AvgIpc) is 2.07. The van der Waals surface area contributed by atoms with Crippen molar-refractivity contribution in [3.05, 3.63) is 0 Å². The van der Waals surface area contributed by atoms with Gasteiger partial charge in [-0.1, -0.05) is 6.92 Å². The highest BCUT2D eigenvalue weighted by Crippen LogP contribution is 2.05. The Bertz CT molecular complexity index is 153. The van der Waals surface area contributed by atoms with Crippen LogP contribution in [-0.2, 0) is 4.74 Å². The van der Waals surface area contributed by atoms with Gasteiger partial charge in [0.1, 0.15) is 0 Å². The molecule has 0 aromatic rings. The van der Waals surface area contributed by atoms with E-state index < -0.39 is 0 Å². The first-order valence-electron chi connectivity index (χ1n) is 4.44. The molecule has 70 valence electrons. The van der Waals surface area contributed by atoms with Crippen molar-refractivity contribution in [3.8, 4) is 11.8 Å². The molecule has 0 radical (unpaired) electrons. The molecule has 0 saturated heterocycles. The van der Waals surface area contributed by atoms with Crippen molar-refractivity contribution >= 4 is 0 Å². The first kappa shape index (κ1) is 11.5. The van der Waals surface area contributed by atoms with Crippen molar-refractivity contribution in [2.45, 2.75) is 45.3 Å². The van der Waals surface area contributed by atoms with Crippen LogP contribution in [0, 0.1) is 11.8 Å². The maximum absolute atomic E-state index is 5.89. The van der Waals surface area contributed by atoms with E-state index in [-0.39, 0.29) is 12.1 Å². The van der Waals surface area contributed by atoms with Gasteiger partial charge in [0.15, 0.2) is 0 Å². The molecule has 0 rings (SSSR count). The van der Waals surface area contributed by atoms with Crippen LogP contribution >= 0.6 is 0 Å². The van der Waals surface area contributed by atoms with E-state index in [4.69, 9.17) is 10.5 Å². The van der Waals surface area contributed by atoms with Crippen molar-refractivity contribution in [1.82, 2.24) is 0 Å². The van der Waals surface area contributed by atoms with E-state index in [2.05, 4.69) is 18.8 Å². The molecule has 2 N–H and O–H groups in total. The Morgan fingerprint density at radius 2 is 2.17 bits per heavy atom. The van der Waals surface area contributed by atoms with Gasteiger partial charge in [0.2, 0.25) is 0 Å². The van der Waals surface area contributed by atoms with Crippen LogP contribution in [0.5, 0.6) is 0 Å². The topological polar surface area (TPSA) is 35.2 Å². The minimum Gasteiger partial charge on any atom is -0.380 e. The van der Waals surface area contributed by atoms with Crippen LogP contribution in [0.3, 0.4) is 0 Å². The van der Waals surface area contributed by atoms with E-state index in [1.54, 1.807) is 7.11 Å². The zero-order valence-electron chi connectivity index (χ0n) is 8.26. The third-order valence-electron chi connectivity index (χ3n) is 1.96. The summed E-state index contributed by atoms with van der Waals surface area (Å²) in [4.78, 5) is 0. The molecular formula is C10H19NO. The van der Waals surface area contributed by atoms with Crippen molar-refractivity contribution < 1.29 is 4.74 Å². The molecule has 2 unspecified atom stereocenters. The lowest BCUT2D eigenvalue weighted by Crippen LogP contribution is -2.35. The minimum absolute atomic E-state index is 0.126. The summed E-state index contributed by atoms with van der Waals surface area (Å²) in [5.41, 5.74) is 5.89. The summed E-state index contributed by atoms with van der Waals surface area (Å²) in [5, 5.41) is 0. The molecule has 2 heteroatoms. The molecule has 0 aromatic heterocycles. The summed E-state index contributed by atoms with van der Waals surface area (Å²) >= 11 is 0. The van der Waals surface area contributed by atoms with E-state index >= 15 is 0 Å². The summed E-state index contributed by atoms with van der Waals surface area (Å²) in [6, 6.07) is 0.126. The van der Waals surface area contributed by atoms with Gasteiger partial charge in [0.25, 0.3) is 0 Å². The zero-order chi connectivity index (χ0) is 9.40. The Hall–Kier alpha value is -0.520. The second-order valence-electron chi connectivity index (χ2n) is 2.81. The van der Waals surface area contributed by atoms with Crippen LogP contribution in [0.2, 0.25) is 0 Å². The van der Waals surface area contributed by atoms with E-state index in [0.717, 1.165) is 19.3 Å². The van der Waals surface area contributed by atoms with E-state index in [1.807, 2.05) is 6.92 Å². The Labute approximate surface area is 75.5 Å². The second kappa shape index (κ2) is 7.15. The quantitative estimate of drug-likeness (QED) is 0.634. The molecule has 2 nitrogen and oxygen atoms in total. The fourth-order valence-electron chi connectivity index (χ4n) is 1.19. The number of hydrogen-bond donors (Lipinski definition) is 1. The van der Waals surface area contributed by atoms with Gasteiger partial charge < -0.3 is 10.5 Å². The Balaban J connectivity index is 3.65. The Kier molecular flexibility index (Phi) is 6.84. The summed E-state index contributed by atoms with van der Waals surface area (Å²) in [5.74, 6) is 5.85. The zero-order valence-corrected chi connectivity index (χ0v) is 8.26. The van der Waals surface area contributed by atoms with Crippen LogP contribution in [0.1, 0.15) is 33.1 Å². The molecule has 0 amide bonds. The Morgan fingerprint density at radius 1 is 1.50 bits per heavy atom. The van der Waals surface area contributed by atoms with Crippen LogP contribution in [0.25, 0.3) is 0 Å². The molecule has 0 bridgehead atoms. The average molecular weight is 169 g/mol. The van der Waals surface area contributed by atoms with Crippen LogP contribution in [0.4, 0.5) is 0 Å². The third kappa shape index (κ3) is 4.38. The van der Waals surface area contributed by atoms with E-state index in [1.165, 1.54) is 0 Å². The lowest BCUT2D eigenvalue weighted by atomic mass is 10.0. The summed E-state index contributed by atoms with van der Waals surface area (Å²) < 4.78 is 5.22. The molecule has 0 spiro atoms. The SMILES string of the molecule is CC#CCCC(N)C(CC)OC. The van der Waals surface area contributed by atoms with Gasteiger partial charge in [-0.2, -0.15) is 0 Å². The number of rotatable bonds is 5. The van der Waals surface area contributed by atoms with Crippen LogP contribution in [0.15, 0.2) is 0 Å². The van der Waals surface area contributed by atoms with Crippen molar-refractivity contribution in [2.24, 2.45) is 5.73 Å². The normalized spacial score (nSPS) is 14.7. The predicted molar refractivity (Wildman–Crippen MR) is 51.7 cm³/mol. The smallest absolute Gasteiger partial charge is 0.0719 e. The summed E-state index contributed by atoms with van der Waals surface area (Å²) in [6.45, 7) is 3.93. The van der Waals surface area contributed by atoms with Crippen molar-refractivity contribution in [1.29, 1.82) is 0 Å². The second-order valence-corrected chi connectivity index (χ2v) is 2.81. The fourth-order valence-corrected chi connectivity index (χ4v) is 1.19. The fraction of sp³-hybridized carbons (Fsp3) is 0.800. The van der Waals surface area contributed by atoms with E-state index in [9.17, 15) is 0 Å². The molecule has 0 saturated carbocycles. The first-order chi connectivity index (χ1) is 5.76. The van der Waals surface area contributed by atoms with Gasteiger partial charge in [-0.05, 0) is 19.8 Å². The number of hydrogen-bond acceptors (Lipinski definition) is 2. The molecule has 0 aromatic carbocycles. The van der Waals surface area contributed by atoms with Gasteiger partial charge in [0, 0.05) is 19.6 Å². The molecule has 0 fully saturated rings. The molecule has 12 heavy (non-hydrogen) atoms. The maximum atomic E-state index is 5.89. The van der Waals surface area contributed by atoms with Crippen molar-refractivity contribution in [2.75, 3.05) is 7.11 Å². The molecule has 0 heterocycles. The maximum Gasteiger partial charge on any atom is 0.0719 e. The van der Waals surface area contributed by atoms with E-state index in [0.29, 0.717) is 0 Å². The lowest BCUT2D eigenvalue weighted by Gasteiger charge is -2.19. The predicted octanol–water partition coefficient (Wildman–Crippen LogP) is 1.54. The van der Waals surface area contributed by atoms with Crippen LogP contribution < -0.4 is 5.73 Å². The van der Waals surface area contributed by atoms with Gasteiger partial charge >= 0.3 is 0 Å². The molecule has 0 aliphatic heterocycles. The molecule has 0 aliphatic carbocycles. The molecule has 0 aliphatic rings. The highest BCUT2D eigenvalue weighted by Gasteiger charge is 2.13. The minimum atomic E-state index is 0.126. The number of nitrogens with two attached hydrogens (primary N) is 1. The third-order valence-corrected chi connectivity index (χ3v) is 1.96. The standard InChI is InChI=1S/C10H19NO/c1-4-6-7-8-9(11)10(5-2)12-3/h9-10H,5,7-8,11H2,1-3H3. The lowest BCUT2D eigenvalue weighted by molar-refractivity contribution is 0.0752. The molecule has 2 atom stereocenters. The summed E-state index contributed by atoms with van der Waals surface area (Å²) in [7, 11) is 1.71. The monoisotopic (exact) mass is 169 g/mol. The van der Waals surface area contributed by atoms with Gasteiger partial charge in [-0.25, -0.2) is 0 Å². The summed E-state index contributed by atoms with van der Waals surface area (Å²) in [6.07, 6.45) is 2.95. The largest absolute Gasteiger partial charge is 0.380 e. The van der Waals surface area contributed by atoms with Crippen molar-refractivity contribution in [3.63, 3.8) is 0 Å². The number of methoxy groups -OCH3 is 1. The van der Waals surface area contributed by atoms with Gasteiger partial charge in [-0.15, -0.1) is 11.8 Å². The van der Waals surface area contributed by atoms with Crippen LogP contribution in [-0.4, -0.2) is 19.3 Å². The highest BCUT2D eigenvalue weighted by molar-refractivity contribution is 4.95.